The molecular formula is C27H34FN3O3S. The first-order valence-electron chi connectivity index (χ1n) is 11.9. The van der Waals surface area contributed by atoms with Crippen molar-refractivity contribution in [3.63, 3.8) is 0 Å². The molecule has 1 aliphatic heterocycles. The Bertz CT molecular complexity index is 1250. The predicted molar refractivity (Wildman–Crippen MR) is 137 cm³/mol. The molecule has 0 amide bonds. The van der Waals surface area contributed by atoms with Crippen LogP contribution >= 0.6 is 0 Å². The van der Waals surface area contributed by atoms with Crippen molar-refractivity contribution >= 4 is 15.7 Å². The van der Waals surface area contributed by atoms with Crippen LogP contribution in [0.1, 0.15) is 39.6 Å². The van der Waals surface area contributed by atoms with Crippen molar-refractivity contribution in [1.82, 2.24) is 9.62 Å². The standard InChI is InChI=1S/C27H34FN3O3S/c1-18-19(2)21(4)27(22(5)20(18)3)35(32,33)29-17-25(26-7-6-16-34-26)31-14-12-30(13-15-31)24-10-8-23(28)9-11-24/h6-11,16,25,29H,12-15,17H2,1-5H3. The first-order valence-corrected chi connectivity index (χ1v) is 13.4. The molecule has 0 bridgehead atoms. The van der Waals surface area contributed by atoms with Crippen LogP contribution in [0.2, 0.25) is 0 Å². The van der Waals surface area contributed by atoms with Gasteiger partial charge in [0, 0.05) is 38.4 Å². The summed E-state index contributed by atoms with van der Waals surface area (Å²) in [6.07, 6.45) is 1.62. The molecule has 35 heavy (non-hydrogen) atoms. The van der Waals surface area contributed by atoms with Crippen LogP contribution in [0.5, 0.6) is 0 Å². The van der Waals surface area contributed by atoms with E-state index in [1.807, 2.05) is 46.8 Å². The normalized spacial score (nSPS) is 16.0. The lowest BCUT2D eigenvalue weighted by atomic mass is 9.95. The topological polar surface area (TPSA) is 65.8 Å². The van der Waals surface area contributed by atoms with Crippen LogP contribution in [0, 0.1) is 40.4 Å². The minimum absolute atomic E-state index is 0.206. The summed E-state index contributed by atoms with van der Waals surface area (Å²) in [7, 11) is -3.73. The van der Waals surface area contributed by atoms with Crippen LogP contribution in [0.15, 0.2) is 52.0 Å². The lowest BCUT2D eigenvalue weighted by molar-refractivity contribution is 0.166. The van der Waals surface area contributed by atoms with Crippen LogP contribution in [0.4, 0.5) is 10.1 Å². The van der Waals surface area contributed by atoms with Crippen molar-refractivity contribution in [3.8, 4) is 0 Å². The van der Waals surface area contributed by atoms with Gasteiger partial charge in [0.2, 0.25) is 10.0 Å². The second-order valence-electron chi connectivity index (χ2n) is 9.34. The molecule has 2 aromatic carbocycles. The maximum atomic E-state index is 13.5. The Morgan fingerprint density at radius 1 is 0.886 bits per heavy atom. The monoisotopic (exact) mass is 499 g/mol. The van der Waals surface area contributed by atoms with Crippen molar-refractivity contribution in [2.24, 2.45) is 0 Å². The van der Waals surface area contributed by atoms with Gasteiger partial charge in [-0.1, -0.05) is 0 Å². The highest BCUT2D eigenvalue weighted by molar-refractivity contribution is 7.89. The van der Waals surface area contributed by atoms with Crippen molar-refractivity contribution in [2.45, 2.75) is 45.6 Å². The van der Waals surface area contributed by atoms with Gasteiger partial charge in [0.25, 0.3) is 0 Å². The zero-order valence-electron chi connectivity index (χ0n) is 21.1. The Hall–Kier alpha value is -2.68. The summed E-state index contributed by atoms with van der Waals surface area (Å²) in [5.41, 5.74) is 5.71. The van der Waals surface area contributed by atoms with E-state index in [1.54, 1.807) is 18.4 Å². The number of halogens is 1. The number of piperazine rings is 1. The molecule has 1 atom stereocenters. The van der Waals surface area contributed by atoms with Gasteiger partial charge in [-0.05, 0) is 98.8 Å². The van der Waals surface area contributed by atoms with E-state index >= 15 is 0 Å². The fraction of sp³-hybridized carbons (Fsp3) is 0.407. The molecule has 2 heterocycles. The quantitative estimate of drug-likeness (QED) is 0.506. The number of hydrogen-bond donors (Lipinski definition) is 1. The van der Waals surface area contributed by atoms with Crippen LogP contribution in [0.3, 0.4) is 0 Å². The van der Waals surface area contributed by atoms with Gasteiger partial charge in [-0.25, -0.2) is 17.5 Å². The number of anilines is 1. The number of nitrogens with zero attached hydrogens (tertiary/aromatic N) is 2. The highest BCUT2D eigenvalue weighted by Crippen LogP contribution is 2.30. The van der Waals surface area contributed by atoms with E-state index in [0.717, 1.165) is 65.4 Å². The summed E-state index contributed by atoms with van der Waals surface area (Å²) in [6, 6.07) is 10.0. The minimum atomic E-state index is -3.73. The second-order valence-corrected chi connectivity index (χ2v) is 11.0. The van der Waals surface area contributed by atoms with E-state index in [0.29, 0.717) is 4.90 Å². The van der Waals surface area contributed by atoms with Gasteiger partial charge in [0.1, 0.15) is 11.6 Å². The number of nitrogens with one attached hydrogen (secondary N) is 1. The summed E-state index contributed by atoms with van der Waals surface area (Å²) in [5.74, 6) is 0.481. The Balaban J connectivity index is 1.53. The van der Waals surface area contributed by atoms with Crippen LogP contribution in [-0.2, 0) is 10.0 Å². The number of rotatable bonds is 7. The predicted octanol–water partition coefficient (Wildman–Crippen LogP) is 4.80. The van der Waals surface area contributed by atoms with Gasteiger partial charge in [-0.15, -0.1) is 0 Å². The molecule has 8 heteroatoms. The van der Waals surface area contributed by atoms with Gasteiger partial charge >= 0.3 is 0 Å². The van der Waals surface area contributed by atoms with E-state index in [2.05, 4.69) is 14.5 Å². The first kappa shape index (κ1) is 25.4. The Labute approximate surface area is 207 Å². The van der Waals surface area contributed by atoms with Crippen molar-refractivity contribution in [1.29, 1.82) is 0 Å². The maximum Gasteiger partial charge on any atom is 0.241 e. The van der Waals surface area contributed by atoms with Gasteiger partial charge in [-0.2, -0.15) is 0 Å². The van der Waals surface area contributed by atoms with E-state index in [-0.39, 0.29) is 18.4 Å². The molecule has 1 aromatic heterocycles. The van der Waals surface area contributed by atoms with E-state index in [9.17, 15) is 12.8 Å². The molecule has 6 nitrogen and oxygen atoms in total. The molecule has 1 aliphatic rings. The minimum Gasteiger partial charge on any atom is -0.468 e. The largest absolute Gasteiger partial charge is 0.468 e. The lowest BCUT2D eigenvalue weighted by Gasteiger charge is -2.39. The fourth-order valence-electron chi connectivity index (χ4n) is 4.96. The average Bonchev–Trinajstić information content (AvgIpc) is 3.37. The molecule has 0 aliphatic carbocycles. The Kier molecular flexibility index (Phi) is 7.35. The maximum absolute atomic E-state index is 13.5. The summed E-state index contributed by atoms with van der Waals surface area (Å²) in [4.78, 5) is 4.83. The third-order valence-electron chi connectivity index (χ3n) is 7.49. The van der Waals surface area contributed by atoms with Crippen LogP contribution < -0.4 is 9.62 Å². The highest BCUT2D eigenvalue weighted by atomic mass is 32.2. The first-order chi connectivity index (χ1) is 16.6. The molecule has 0 radical (unpaired) electrons. The van der Waals surface area contributed by atoms with Crippen molar-refractivity contribution < 1.29 is 17.2 Å². The van der Waals surface area contributed by atoms with E-state index < -0.39 is 10.0 Å². The van der Waals surface area contributed by atoms with Gasteiger partial charge in [0.05, 0.1) is 17.2 Å². The number of hydrogen-bond acceptors (Lipinski definition) is 5. The fourth-order valence-corrected chi connectivity index (χ4v) is 6.60. The summed E-state index contributed by atoms with van der Waals surface area (Å²) in [5, 5.41) is 0. The molecule has 0 saturated carbocycles. The summed E-state index contributed by atoms with van der Waals surface area (Å²) in [6.45, 7) is 12.9. The average molecular weight is 500 g/mol. The Morgan fingerprint density at radius 3 is 2.00 bits per heavy atom. The van der Waals surface area contributed by atoms with E-state index in [1.165, 1.54) is 12.1 Å². The van der Waals surface area contributed by atoms with Crippen LogP contribution in [0.25, 0.3) is 0 Å². The third-order valence-corrected chi connectivity index (χ3v) is 9.18. The molecule has 1 unspecified atom stereocenters. The summed E-state index contributed by atoms with van der Waals surface area (Å²) >= 11 is 0. The molecule has 1 saturated heterocycles. The Morgan fingerprint density at radius 2 is 1.46 bits per heavy atom. The molecule has 188 valence electrons. The molecule has 4 rings (SSSR count). The SMILES string of the molecule is Cc1c(C)c(C)c(S(=O)(=O)NCC(c2ccco2)N2CCN(c3ccc(F)cc3)CC2)c(C)c1C. The second kappa shape index (κ2) is 10.1. The molecule has 1 N–H and O–H groups in total. The van der Waals surface area contributed by atoms with Gasteiger partial charge in [0.15, 0.2) is 0 Å². The summed E-state index contributed by atoms with van der Waals surface area (Å²) < 4.78 is 48.9. The zero-order chi connectivity index (χ0) is 25.3. The van der Waals surface area contributed by atoms with E-state index in [4.69, 9.17) is 4.42 Å². The molecule has 0 spiro atoms. The third kappa shape index (κ3) is 5.15. The van der Waals surface area contributed by atoms with Crippen molar-refractivity contribution in [3.05, 3.63) is 82.1 Å². The van der Waals surface area contributed by atoms with Crippen LogP contribution in [-0.4, -0.2) is 46.0 Å². The number of sulfonamides is 1. The highest BCUT2D eigenvalue weighted by Gasteiger charge is 2.30. The number of furan rings is 1. The molecular weight excluding hydrogens is 465 g/mol. The number of benzene rings is 2. The molecule has 3 aromatic rings. The van der Waals surface area contributed by atoms with Gasteiger partial charge < -0.3 is 9.32 Å². The smallest absolute Gasteiger partial charge is 0.241 e. The van der Waals surface area contributed by atoms with Gasteiger partial charge in [-0.3, -0.25) is 4.90 Å². The lowest BCUT2D eigenvalue weighted by Crippen LogP contribution is -2.49. The molecule has 1 fully saturated rings. The van der Waals surface area contributed by atoms with Crippen molar-refractivity contribution in [2.75, 3.05) is 37.6 Å². The zero-order valence-corrected chi connectivity index (χ0v) is 21.9.